The predicted octanol–water partition coefficient (Wildman–Crippen LogP) is 12.0. The maximum atomic E-state index is 5.32. The first-order valence-electron chi connectivity index (χ1n) is 17.8. The van der Waals surface area contributed by atoms with Crippen LogP contribution in [0.15, 0.2) is 185 Å². The second-order valence-electron chi connectivity index (χ2n) is 13.7. The van der Waals surface area contributed by atoms with Crippen LogP contribution in [0.1, 0.15) is 47.9 Å². The number of allylic oxidation sites excluding steroid dienone is 10. The third kappa shape index (κ3) is 5.01. The topological polar surface area (TPSA) is 31.4 Å². The molecule has 0 saturated heterocycles. The number of para-hydroxylation sites is 1. The van der Waals surface area contributed by atoms with Crippen LogP contribution >= 0.6 is 11.8 Å². The molecule has 4 unspecified atom stereocenters. The Morgan fingerprint density at radius 1 is 0.760 bits per heavy atom. The van der Waals surface area contributed by atoms with Gasteiger partial charge in [-0.25, -0.2) is 0 Å². The highest BCUT2D eigenvalue weighted by atomic mass is 32.2. The van der Waals surface area contributed by atoms with Gasteiger partial charge in [0.05, 0.1) is 16.3 Å². The molecular formula is C46H36N3S-. The molecule has 3 nitrogen and oxygen atoms in total. The largest absolute Gasteiger partial charge is 0.454 e. The van der Waals surface area contributed by atoms with E-state index < -0.39 is 0 Å². The van der Waals surface area contributed by atoms with Crippen molar-refractivity contribution < 1.29 is 0 Å². The summed E-state index contributed by atoms with van der Waals surface area (Å²) in [6.07, 6.45) is 24.2. The van der Waals surface area contributed by atoms with Crippen LogP contribution in [0, 0.1) is 5.92 Å². The highest BCUT2D eigenvalue weighted by Gasteiger charge is 2.38. The lowest BCUT2D eigenvalue weighted by Crippen LogP contribution is -2.20. The van der Waals surface area contributed by atoms with Crippen molar-refractivity contribution in [1.29, 1.82) is 0 Å². The van der Waals surface area contributed by atoms with Gasteiger partial charge >= 0.3 is 0 Å². The Kier molecular flexibility index (Phi) is 7.23. The van der Waals surface area contributed by atoms with Crippen molar-refractivity contribution in [2.75, 3.05) is 0 Å². The summed E-state index contributed by atoms with van der Waals surface area (Å²) in [6.45, 7) is 0. The van der Waals surface area contributed by atoms with Crippen LogP contribution in [-0.4, -0.2) is 15.7 Å². The Labute approximate surface area is 297 Å². The van der Waals surface area contributed by atoms with Gasteiger partial charge in [0.2, 0.25) is 0 Å². The van der Waals surface area contributed by atoms with Gasteiger partial charge in [0.15, 0.2) is 0 Å². The van der Waals surface area contributed by atoms with Crippen LogP contribution in [0.25, 0.3) is 32.8 Å². The lowest BCUT2D eigenvalue weighted by molar-refractivity contribution is 0.796. The van der Waals surface area contributed by atoms with E-state index in [0.29, 0.717) is 17.1 Å². The molecule has 0 saturated carbocycles. The van der Waals surface area contributed by atoms with Gasteiger partial charge in [-0.15, -0.1) is 11.8 Å². The minimum absolute atomic E-state index is 0.126. The van der Waals surface area contributed by atoms with Crippen LogP contribution in [0.3, 0.4) is 0 Å². The fraction of sp³-hybridized carbons (Fsp3) is 0.152. The molecule has 0 amide bonds. The van der Waals surface area contributed by atoms with Gasteiger partial charge in [-0.05, 0) is 75.9 Å². The number of benzene rings is 4. The first kappa shape index (κ1) is 29.6. The molecule has 242 valence electrons. The Morgan fingerprint density at radius 3 is 2.44 bits per heavy atom. The fourth-order valence-corrected chi connectivity index (χ4v) is 9.86. The SMILES string of the molecule is C1=CC2C3=C(CCC=C3)SC2C(n2c3ccccc3c3ccc(C4=NC(C5=CC(c6ccccc6)CC=C5)=CC(c5ccccc5)[N-]4)cc32)=C1. The average molecular weight is 663 g/mol. The highest BCUT2D eigenvalue weighted by Crippen LogP contribution is 2.53. The molecule has 0 spiro atoms. The lowest BCUT2D eigenvalue weighted by Gasteiger charge is -2.34. The second kappa shape index (κ2) is 12.2. The van der Waals surface area contributed by atoms with Crippen molar-refractivity contribution in [2.24, 2.45) is 10.9 Å². The molecule has 4 atom stereocenters. The molecule has 50 heavy (non-hydrogen) atoms. The summed E-state index contributed by atoms with van der Waals surface area (Å²) in [5.41, 5.74) is 11.0. The van der Waals surface area contributed by atoms with Crippen molar-refractivity contribution in [2.45, 2.75) is 36.5 Å². The molecule has 3 heterocycles. The van der Waals surface area contributed by atoms with E-state index in [1.54, 1.807) is 4.91 Å². The third-order valence-electron chi connectivity index (χ3n) is 10.7. The summed E-state index contributed by atoms with van der Waals surface area (Å²) in [6, 6.07) is 37.0. The number of hydrogen-bond acceptors (Lipinski definition) is 2. The van der Waals surface area contributed by atoms with Gasteiger partial charge < -0.3 is 14.9 Å². The van der Waals surface area contributed by atoms with E-state index in [4.69, 9.17) is 10.3 Å². The molecule has 5 aromatic rings. The molecule has 1 aromatic heterocycles. The monoisotopic (exact) mass is 662 g/mol. The number of aromatic nitrogens is 1. The molecule has 4 aromatic carbocycles. The zero-order valence-electron chi connectivity index (χ0n) is 27.7. The van der Waals surface area contributed by atoms with Crippen molar-refractivity contribution in [3.63, 3.8) is 0 Å². The first-order valence-corrected chi connectivity index (χ1v) is 18.6. The van der Waals surface area contributed by atoms with Gasteiger partial charge in [-0.2, -0.15) is 0 Å². The van der Waals surface area contributed by atoms with Gasteiger partial charge in [-0.1, -0.05) is 145 Å². The number of thioether (sulfide) groups is 1. The quantitative estimate of drug-likeness (QED) is 0.184. The average Bonchev–Trinajstić information content (AvgIpc) is 3.74. The number of amidine groups is 1. The zero-order valence-corrected chi connectivity index (χ0v) is 28.5. The van der Waals surface area contributed by atoms with Crippen LogP contribution in [0.2, 0.25) is 0 Å². The van der Waals surface area contributed by atoms with Crippen LogP contribution < -0.4 is 0 Å². The van der Waals surface area contributed by atoms with Crippen LogP contribution in [0.5, 0.6) is 0 Å². The smallest absolute Gasteiger partial charge is 0.0601 e. The summed E-state index contributed by atoms with van der Waals surface area (Å²) in [7, 11) is 0. The number of nitrogens with zero attached hydrogens (tertiary/aromatic N) is 3. The number of rotatable bonds is 5. The van der Waals surface area contributed by atoms with E-state index in [1.165, 1.54) is 44.2 Å². The first-order chi connectivity index (χ1) is 24.8. The van der Waals surface area contributed by atoms with Crippen LogP contribution in [0.4, 0.5) is 0 Å². The summed E-state index contributed by atoms with van der Waals surface area (Å²) >= 11 is 2.07. The van der Waals surface area contributed by atoms with Crippen molar-refractivity contribution in [3.8, 4) is 0 Å². The molecule has 0 bridgehead atoms. The standard InChI is InChI=1S/C46H36N3S/c1-3-13-30(14-4-1)32-17-11-18-33(27-32)40-29-39(31-15-5-2-6-16-31)47-46(48-40)34-25-26-36-35-19-7-9-22-41(35)49(43(36)28-34)42-23-12-21-38-37-20-8-10-24-44(37)50-45(38)42/h1-9,11-16,18-23,25-29,32,38-39,45H,10,17,24H2/q-1. The second-order valence-corrected chi connectivity index (χ2v) is 14.9. The van der Waals surface area contributed by atoms with E-state index >= 15 is 0 Å². The van der Waals surface area contributed by atoms with Crippen molar-refractivity contribution in [3.05, 3.63) is 202 Å². The molecule has 3 aliphatic carbocycles. The summed E-state index contributed by atoms with van der Waals surface area (Å²) in [4.78, 5) is 6.88. The Morgan fingerprint density at radius 2 is 1.56 bits per heavy atom. The van der Waals surface area contributed by atoms with Gasteiger partial charge in [0.1, 0.15) is 0 Å². The van der Waals surface area contributed by atoms with Crippen molar-refractivity contribution in [1.82, 2.24) is 4.57 Å². The van der Waals surface area contributed by atoms with E-state index in [2.05, 4.69) is 174 Å². The molecule has 5 aliphatic rings. The Balaban J connectivity index is 1.10. The molecule has 4 heteroatoms. The summed E-state index contributed by atoms with van der Waals surface area (Å²) in [5.74, 6) is 1.50. The molecule has 2 aliphatic heterocycles. The summed E-state index contributed by atoms with van der Waals surface area (Å²) in [5, 5.41) is 8.20. The van der Waals surface area contributed by atoms with E-state index in [9.17, 15) is 0 Å². The van der Waals surface area contributed by atoms with Crippen molar-refractivity contribution >= 4 is 45.1 Å². The number of aliphatic imine (C=N–C) groups is 1. The maximum Gasteiger partial charge on any atom is 0.0601 e. The van der Waals surface area contributed by atoms with E-state index in [0.717, 1.165) is 41.9 Å². The number of hydrogen-bond donors (Lipinski definition) is 0. The molecule has 10 rings (SSSR count). The summed E-state index contributed by atoms with van der Waals surface area (Å²) < 4.78 is 2.52. The normalized spacial score (nSPS) is 24.0. The minimum Gasteiger partial charge on any atom is -0.454 e. The Hall–Kier alpha value is -5.32. The lowest BCUT2D eigenvalue weighted by atomic mass is 9.87. The maximum absolute atomic E-state index is 5.32. The molecule has 0 N–H and O–H groups in total. The molecular weight excluding hydrogens is 627 g/mol. The van der Waals surface area contributed by atoms with Gasteiger partial charge in [0, 0.05) is 34.3 Å². The third-order valence-corrected chi connectivity index (χ3v) is 12.2. The van der Waals surface area contributed by atoms with E-state index in [1.807, 2.05) is 0 Å². The van der Waals surface area contributed by atoms with E-state index in [-0.39, 0.29) is 6.04 Å². The zero-order chi connectivity index (χ0) is 33.0. The highest BCUT2D eigenvalue weighted by molar-refractivity contribution is 8.04. The number of fused-ring (bicyclic) bond motifs is 5. The van der Waals surface area contributed by atoms with Gasteiger partial charge in [-0.3, -0.25) is 0 Å². The predicted molar refractivity (Wildman–Crippen MR) is 211 cm³/mol. The fourth-order valence-electron chi connectivity index (χ4n) is 8.29. The molecule has 0 radical (unpaired) electrons. The van der Waals surface area contributed by atoms with Crippen LogP contribution in [-0.2, 0) is 0 Å². The molecule has 0 fully saturated rings. The van der Waals surface area contributed by atoms with Gasteiger partial charge in [0.25, 0.3) is 0 Å². The minimum atomic E-state index is -0.126. The Bertz CT molecular complexity index is 2410.